The maximum atomic E-state index is 5.59. The smallest absolute Gasteiger partial charge is 0.0611 e. The van der Waals surface area contributed by atoms with Gasteiger partial charge in [-0.15, -0.1) is 0 Å². The first-order chi connectivity index (χ1) is 6.90. The van der Waals surface area contributed by atoms with Gasteiger partial charge in [-0.1, -0.05) is 12.8 Å². The molecule has 1 saturated heterocycles. The Morgan fingerprint density at radius 1 is 1.07 bits per heavy atom. The molecule has 0 aromatic rings. The largest absolute Gasteiger partial charge is 0.381 e. The molecule has 2 rings (SSSR count). The van der Waals surface area contributed by atoms with Gasteiger partial charge in [0.1, 0.15) is 0 Å². The zero-order valence-corrected chi connectivity index (χ0v) is 9.37. The lowest BCUT2D eigenvalue weighted by atomic mass is 9.86. The summed E-state index contributed by atoms with van der Waals surface area (Å²) in [7, 11) is 1.88. The molecule has 0 spiro atoms. The van der Waals surface area contributed by atoms with Crippen LogP contribution in [0.4, 0.5) is 0 Å². The number of methoxy groups -OCH3 is 1. The average molecular weight is 197 g/mol. The summed E-state index contributed by atoms with van der Waals surface area (Å²) in [5, 5.41) is 0. The van der Waals surface area contributed by atoms with Crippen LogP contribution in [-0.2, 0) is 4.74 Å². The lowest BCUT2D eigenvalue weighted by Gasteiger charge is -2.33. The summed E-state index contributed by atoms with van der Waals surface area (Å²) in [6.45, 7) is 3.94. The van der Waals surface area contributed by atoms with E-state index >= 15 is 0 Å². The highest BCUT2D eigenvalue weighted by atomic mass is 16.5. The van der Waals surface area contributed by atoms with E-state index in [2.05, 4.69) is 4.90 Å². The van der Waals surface area contributed by atoms with Gasteiger partial charge in [0.15, 0.2) is 0 Å². The Morgan fingerprint density at radius 2 is 1.79 bits per heavy atom. The molecular formula is C12H23NO. The molecule has 2 nitrogen and oxygen atoms in total. The number of hydrogen-bond acceptors (Lipinski definition) is 2. The van der Waals surface area contributed by atoms with E-state index in [1.165, 1.54) is 58.2 Å². The topological polar surface area (TPSA) is 12.5 Å². The number of likely N-dealkylation sites (tertiary alicyclic amines) is 1. The minimum atomic E-state index is 0.546. The van der Waals surface area contributed by atoms with Gasteiger partial charge in [0, 0.05) is 13.7 Å². The summed E-state index contributed by atoms with van der Waals surface area (Å²) in [4.78, 5) is 2.63. The van der Waals surface area contributed by atoms with Crippen LogP contribution in [0.3, 0.4) is 0 Å². The SMILES string of the molecule is COC1CCCCC1CN1CCCC1. The Labute approximate surface area is 87.6 Å². The molecule has 82 valence electrons. The Hall–Kier alpha value is -0.0800. The second-order valence-electron chi connectivity index (χ2n) is 4.83. The number of nitrogens with zero attached hydrogens (tertiary/aromatic N) is 1. The van der Waals surface area contributed by atoms with Crippen molar-refractivity contribution >= 4 is 0 Å². The van der Waals surface area contributed by atoms with E-state index in [0.29, 0.717) is 6.10 Å². The molecule has 0 N–H and O–H groups in total. The van der Waals surface area contributed by atoms with Gasteiger partial charge in [-0.05, 0) is 44.7 Å². The summed E-state index contributed by atoms with van der Waals surface area (Å²) < 4.78 is 5.59. The van der Waals surface area contributed by atoms with E-state index in [1.54, 1.807) is 0 Å². The van der Waals surface area contributed by atoms with Gasteiger partial charge in [0.2, 0.25) is 0 Å². The fraction of sp³-hybridized carbons (Fsp3) is 1.00. The minimum Gasteiger partial charge on any atom is -0.381 e. The lowest BCUT2D eigenvalue weighted by Crippen LogP contribution is -2.36. The van der Waals surface area contributed by atoms with Crippen molar-refractivity contribution in [2.24, 2.45) is 5.92 Å². The van der Waals surface area contributed by atoms with Gasteiger partial charge in [0.25, 0.3) is 0 Å². The third kappa shape index (κ3) is 2.48. The van der Waals surface area contributed by atoms with Gasteiger partial charge >= 0.3 is 0 Å². The van der Waals surface area contributed by atoms with E-state index in [9.17, 15) is 0 Å². The van der Waals surface area contributed by atoms with E-state index in [0.717, 1.165) is 5.92 Å². The van der Waals surface area contributed by atoms with Crippen LogP contribution in [0.25, 0.3) is 0 Å². The molecule has 1 saturated carbocycles. The fourth-order valence-corrected chi connectivity index (χ4v) is 2.99. The van der Waals surface area contributed by atoms with Crippen LogP contribution in [0.15, 0.2) is 0 Å². The van der Waals surface area contributed by atoms with Gasteiger partial charge in [0.05, 0.1) is 6.10 Å². The van der Waals surface area contributed by atoms with E-state index in [4.69, 9.17) is 4.74 Å². The molecule has 0 amide bonds. The molecule has 2 heteroatoms. The van der Waals surface area contributed by atoms with Crippen LogP contribution in [0.2, 0.25) is 0 Å². The molecule has 1 heterocycles. The van der Waals surface area contributed by atoms with Crippen LogP contribution in [0, 0.1) is 5.92 Å². The van der Waals surface area contributed by atoms with Gasteiger partial charge in [-0.2, -0.15) is 0 Å². The number of rotatable bonds is 3. The van der Waals surface area contributed by atoms with Crippen molar-refractivity contribution in [2.45, 2.75) is 44.6 Å². The molecule has 0 radical (unpaired) electrons. The first-order valence-electron chi connectivity index (χ1n) is 6.15. The van der Waals surface area contributed by atoms with Crippen molar-refractivity contribution in [3.8, 4) is 0 Å². The molecular weight excluding hydrogens is 174 g/mol. The van der Waals surface area contributed by atoms with Crippen LogP contribution in [-0.4, -0.2) is 37.7 Å². The second-order valence-corrected chi connectivity index (χ2v) is 4.83. The lowest BCUT2D eigenvalue weighted by molar-refractivity contribution is 0.0113. The summed E-state index contributed by atoms with van der Waals surface area (Å²) in [6.07, 6.45) is 8.82. The normalized spacial score (nSPS) is 34.9. The maximum absolute atomic E-state index is 5.59. The molecule has 0 bridgehead atoms. The van der Waals surface area contributed by atoms with Crippen LogP contribution < -0.4 is 0 Å². The highest BCUT2D eigenvalue weighted by Crippen LogP contribution is 2.28. The van der Waals surface area contributed by atoms with Crippen molar-refractivity contribution in [3.05, 3.63) is 0 Å². The van der Waals surface area contributed by atoms with E-state index < -0.39 is 0 Å². The molecule has 1 aliphatic carbocycles. The van der Waals surface area contributed by atoms with Gasteiger partial charge in [-0.3, -0.25) is 0 Å². The predicted octanol–water partition coefficient (Wildman–Crippen LogP) is 2.29. The quantitative estimate of drug-likeness (QED) is 0.688. The third-order valence-electron chi connectivity index (χ3n) is 3.83. The van der Waals surface area contributed by atoms with Crippen LogP contribution in [0.1, 0.15) is 38.5 Å². The second kappa shape index (κ2) is 5.13. The highest BCUT2D eigenvalue weighted by molar-refractivity contribution is 4.80. The molecule has 2 unspecified atom stereocenters. The average Bonchev–Trinajstić information content (AvgIpc) is 2.71. The summed E-state index contributed by atoms with van der Waals surface area (Å²) in [5.74, 6) is 0.812. The number of hydrogen-bond donors (Lipinski definition) is 0. The monoisotopic (exact) mass is 197 g/mol. The molecule has 2 atom stereocenters. The molecule has 2 aliphatic rings. The zero-order valence-electron chi connectivity index (χ0n) is 9.37. The highest BCUT2D eigenvalue weighted by Gasteiger charge is 2.27. The molecule has 14 heavy (non-hydrogen) atoms. The molecule has 0 aromatic heterocycles. The Bertz CT molecular complexity index is 166. The van der Waals surface area contributed by atoms with E-state index in [1.807, 2.05) is 7.11 Å². The first-order valence-corrected chi connectivity index (χ1v) is 6.15. The Kier molecular flexibility index (Phi) is 3.82. The summed E-state index contributed by atoms with van der Waals surface area (Å²) in [6, 6.07) is 0. The standard InChI is InChI=1S/C12H23NO/c1-14-12-7-3-2-6-11(12)10-13-8-4-5-9-13/h11-12H,2-10H2,1H3. The van der Waals surface area contributed by atoms with E-state index in [-0.39, 0.29) is 0 Å². The molecule has 2 fully saturated rings. The van der Waals surface area contributed by atoms with Gasteiger partial charge < -0.3 is 9.64 Å². The van der Waals surface area contributed by atoms with Crippen molar-refractivity contribution in [1.82, 2.24) is 4.90 Å². The van der Waals surface area contributed by atoms with Gasteiger partial charge in [-0.25, -0.2) is 0 Å². The maximum Gasteiger partial charge on any atom is 0.0611 e. The van der Waals surface area contributed by atoms with Crippen molar-refractivity contribution in [1.29, 1.82) is 0 Å². The minimum absolute atomic E-state index is 0.546. The zero-order chi connectivity index (χ0) is 9.80. The van der Waals surface area contributed by atoms with Crippen molar-refractivity contribution in [3.63, 3.8) is 0 Å². The fourth-order valence-electron chi connectivity index (χ4n) is 2.99. The summed E-state index contributed by atoms with van der Waals surface area (Å²) >= 11 is 0. The first kappa shape index (κ1) is 10.4. The Morgan fingerprint density at radius 3 is 2.50 bits per heavy atom. The molecule has 0 aromatic carbocycles. The van der Waals surface area contributed by atoms with Crippen LogP contribution >= 0.6 is 0 Å². The van der Waals surface area contributed by atoms with Crippen molar-refractivity contribution < 1.29 is 4.74 Å². The third-order valence-corrected chi connectivity index (χ3v) is 3.83. The molecule has 1 aliphatic heterocycles. The summed E-state index contributed by atoms with van der Waals surface area (Å²) in [5.41, 5.74) is 0. The van der Waals surface area contributed by atoms with Crippen molar-refractivity contribution in [2.75, 3.05) is 26.7 Å². The number of ether oxygens (including phenoxy) is 1. The predicted molar refractivity (Wildman–Crippen MR) is 58.4 cm³/mol. The van der Waals surface area contributed by atoms with Crippen LogP contribution in [0.5, 0.6) is 0 Å². The Balaban J connectivity index is 1.81.